The molecule has 1 saturated heterocycles. The maximum Gasteiger partial charge on any atom is 0.319 e. The number of ether oxygens (including phenoxy) is 1. The highest BCUT2D eigenvalue weighted by molar-refractivity contribution is 6.30. The monoisotopic (exact) mass is 395 g/mol. The Morgan fingerprint density at radius 1 is 1.22 bits per heavy atom. The number of nitrogens with one attached hydrogen (secondary N) is 3. The molecule has 1 aliphatic carbocycles. The van der Waals surface area contributed by atoms with Crippen molar-refractivity contribution in [1.82, 2.24) is 10.6 Å². The molecule has 1 heterocycles. The summed E-state index contributed by atoms with van der Waals surface area (Å²) >= 11 is 5.91. The molecular weight excluding hydrogens is 370 g/mol. The van der Waals surface area contributed by atoms with E-state index in [2.05, 4.69) is 16.0 Å². The topological polar surface area (TPSA) is 99.7 Å². The van der Waals surface area contributed by atoms with Gasteiger partial charge in [-0.05, 0) is 50.3 Å². The molecule has 148 valence electrons. The van der Waals surface area contributed by atoms with E-state index >= 15 is 0 Å². The minimum atomic E-state index is -0.465. The second kappa shape index (κ2) is 9.39. The molecule has 1 aliphatic heterocycles. The molecule has 0 unspecified atom stereocenters. The number of hydrogen-bond acceptors (Lipinski definition) is 4. The largest absolute Gasteiger partial charge is 0.394 e. The van der Waals surface area contributed by atoms with Gasteiger partial charge < -0.3 is 25.8 Å². The molecular formula is C19H26ClN3O4. The van der Waals surface area contributed by atoms with Gasteiger partial charge in [-0.15, -0.1) is 0 Å². The van der Waals surface area contributed by atoms with E-state index in [0.717, 1.165) is 19.3 Å². The van der Waals surface area contributed by atoms with Gasteiger partial charge in [-0.2, -0.15) is 0 Å². The van der Waals surface area contributed by atoms with Crippen LogP contribution in [0.1, 0.15) is 32.1 Å². The number of carbonyl (C=O) groups excluding carboxylic acids is 2. The number of halogens is 1. The van der Waals surface area contributed by atoms with Crippen molar-refractivity contribution in [3.05, 3.63) is 29.3 Å². The van der Waals surface area contributed by atoms with Crippen molar-refractivity contribution in [2.45, 2.75) is 50.4 Å². The van der Waals surface area contributed by atoms with Crippen LogP contribution < -0.4 is 16.0 Å². The van der Waals surface area contributed by atoms with Crippen molar-refractivity contribution in [2.24, 2.45) is 5.92 Å². The number of amides is 3. The summed E-state index contributed by atoms with van der Waals surface area (Å²) < 4.78 is 5.91. The van der Waals surface area contributed by atoms with Gasteiger partial charge in [0.15, 0.2) is 0 Å². The Balaban J connectivity index is 1.42. The summed E-state index contributed by atoms with van der Waals surface area (Å²) in [5, 5.41) is 18.7. The average Bonchev–Trinajstić information content (AvgIpc) is 3.48. The molecule has 2 fully saturated rings. The highest BCUT2D eigenvalue weighted by Crippen LogP contribution is 2.29. The Morgan fingerprint density at radius 2 is 2.04 bits per heavy atom. The molecule has 1 aromatic rings. The lowest BCUT2D eigenvalue weighted by Gasteiger charge is -2.36. The van der Waals surface area contributed by atoms with E-state index in [-0.39, 0.29) is 36.6 Å². The number of anilines is 1. The number of hydrogen-bond donors (Lipinski definition) is 4. The number of urea groups is 1. The molecule has 27 heavy (non-hydrogen) atoms. The van der Waals surface area contributed by atoms with Crippen LogP contribution in [0, 0.1) is 5.92 Å². The lowest BCUT2D eigenvalue weighted by atomic mass is 9.97. The maximum absolute atomic E-state index is 12.2. The summed E-state index contributed by atoms with van der Waals surface area (Å²) in [7, 11) is 0. The standard InChI is InChI=1S/C19H26ClN3O4/c20-13-2-1-3-14(10-13)22-19(26)23-16-7-6-15(27-17(16)11-24)8-9-21-18(25)12-4-5-12/h1-3,10,12,15-17,24H,4-9,11H2,(H,21,25)(H2,22,23,26)/t15-,16-,17-/m0/s1. The zero-order valence-corrected chi connectivity index (χ0v) is 15.9. The SMILES string of the molecule is O=C(Nc1cccc(Cl)c1)N[C@H]1CC[C@@H](CCNC(=O)C2CC2)O[C@H]1CO. The molecule has 0 radical (unpaired) electrons. The van der Waals surface area contributed by atoms with Crippen LogP contribution >= 0.6 is 11.6 Å². The van der Waals surface area contributed by atoms with Gasteiger partial charge in [0, 0.05) is 23.2 Å². The predicted molar refractivity (Wildman–Crippen MR) is 103 cm³/mol. The van der Waals surface area contributed by atoms with Crippen LogP contribution in [0.4, 0.5) is 10.5 Å². The van der Waals surface area contributed by atoms with E-state index in [4.69, 9.17) is 16.3 Å². The molecule has 3 rings (SSSR count). The fourth-order valence-electron chi connectivity index (χ4n) is 3.26. The Kier molecular flexibility index (Phi) is 6.93. The molecule has 0 bridgehead atoms. The fourth-order valence-corrected chi connectivity index (χ4v) is 3.45. The first-order valence-corrected chi connectivity index (χ1v) is 9.80. The van der Waals surface area contributed by atoms with E-state index in [0.29, 0.717) is 30.1 Å². The second-order valence-electron chi connectivity index (χ2n) is 7.13. The third-order valence-corrected chi connectivity index (χ3v) is 5.14. The minimum Gasteiger partial charge on any atom is -0.394 e. The zero-order chi connectivity index (χ0) is 19.2. The van der Waals surface area contributed by atoms with Crippen molar-refractivity contribution in [1.29, 1.82) is 0 Å². The number of aliphatic hydroxyl groups is 1. The van der Waals surface area contributed by atoms with Crippen LogP contribution in [-0.4, -0.2) is 48.4 Å². The Morgan fingerprint density at radius 3 is 2.74 bits per heavy atom. The normalized spacial score (nSPS) is 24.9. The molecule has 4 N–H and O–H groups in total. The zero-order valence-electron chi connectivity index (χ0n) is 15.1. The molecule has 7 nitrogen and oxygen atoms in total. The average molecular weight is 396 g/mol. The van der Waals surface area contributed by atoms with Gasteiger partial charge in [-0.3, -0.25) is 4.79 Å². The number of benzene rings is 1. The quantitative estimate of drug-likeness (QED) is 0.569. The lowest BCUT2D eigenvalue weighted by Crippen LogP contribution is -2.52. The van der Waals surface area contributed by atoms with Crippen molar-refractivity contribution >= 4 is 29.2 Å². The van der Waals surface area contributed by atoms with Crippen molar-refractivity contribution in [2.75, 3.05) is 18.5 Å². The van der Waals surface area contributed by atoms with Crippen LogP contribution in [0.3, 0.4) is 0 Å². The predicted octanol–water partition coefficient (Wildman–Crippen LogP) is 2.29. The van der Waals surface area contributed by atoms with Gasteiger partial charge in [0.05, 0.1) is 18.8 Å². The van der Waals surface area contributed by atoms with Gasteiger partial charge in [0.2, 0.25) is 5.91 Å². The molecule has 8 heteroatoms. The Hall–Kier alpha value is -1.83. The molecule has 1 aromatic carbocycles. The summed E-state index contributed by atoms with van der Waals surface area (Å²) in [4.78, 5) is 23.9. The van der Waals surface area contributed by atoms with Crippen molar-refractivity contribution in [3.63, 3.8) is 0 Å². The van der Waals surface area contributed by atoms with E-state index in [1.54, 1.807) is 24.3 Å². The highest BCUT2D eigenvalue weighted by atomic mass is 35.5. The number of carbonyl (C=O) groups is 2. The van der Waals surface area contributed by atoms with E-state index < -0.39 is 6.10 Å². The molecule has 3 atom stereocenters. The summed E-state index contributed by atoms with van der Waals surface area (Å²) in [5.74, 6) is 0.329. The first-order valence-electron chi connectivity index (χ1n) is 9.42. The first-order chi connectivity index (χ1) is 13.0. The van der Waals surface area contributed by atoms with Crippen LogP contribution in [0.15, 0.2) is 24.3 Å². The summed E-state index contributed by atoms with van der Waals surface area (Å²) in [6.07, 6.45) is 3.65. The van der Waals surface area contributed by atoms with Crippen LogP contribution in [-0.2, 0) is 9.53 Å². The summed E-state index contributed by atoms with van der Waals surface area (Å²) in [6.45, 7) is 0.401. The van der Waals surface area contributed by atoms with Gasteiger partial charge in [0.25, 0.3) is 0 Å². The van der Waals surface area contributed by atoms with Crippen LogP contribution in [0.2, 0.25) is 5.02 Å². The fraction of sp³-hybridized carbons (Fsp3) is 0.579. The van der Waals surface area contributed by atoms with E-state index in [9.17, 15) is 14.7 Å². The van der Waals surface area contributed by atoms with E-state index in [1.807, 2.05) is 0 Å². The highest BCUT2D eigenvalue weighted by Gasteiger charge is 2.32. The third kappa shape index (κ3) is 6.09. The molecule has 0 spiro atoms. The molecule has 1 saturated carbocycles. The second-order valence-corrected chi connectivity index (χ2v) is 7.56. The third-order valence-electron chi connectivity index (χ3n) is 4.91. The molecule has 3 amide bonds. The Bertz CT molecular complexity index is 668. The van der Waals surface area contributed by atoms with Gasteiger partial charge in [-0.1, -0.05) is 17.7 Å². The van der Waals surface area contributed by atoms with E-state index in [1.165, 1.54) is 0 Å². The van der Waals surface area contributed by atoms with Crippen molar-refractivity contribution < 1.29 is 19.4 Å². The van der Waals surface area contributed by atoms with Gasteiger partial charge >= 0.3 is 6.03 Å². The van der Waals surface area contributed by atoms with Crippen molar-refractivity contribution in [3.8, 4) is 0 Å². The first kappa shape index (κ1) is 19.9. The molecule has 2 aliphatic rings. The van der Waals surface area contributed by atoms with Crippen LogP contribution in [0.5, 0.6) is 0 Å². The van der Waals surface area contributed by atoms with Gasteiger partial charge in [0.1, 0.15) is 6.10 Å². The minimum absolute atomic E-state index is 0.0318. The summed E-state index contributed by atoms with van der Waals surface area (Å²) in [6, 6.07) is 6.26. The number of aliphatic hydroxyl groups excluding tert-OH is 1. The summed E-state index contributed by atoms with van der Waals surface area (Å²) in [5.41, 5.74) is 0.599. The van der Waals surface area contributed by atoms with Crippen LogP contribution in [0.25, 0.3) is 0 Å². The Labute approximate surface area is 163 Å². The molecule has 0 aromatic heterocycles. The lowest BCUT2D eigenvalue weighted by molar-refractivity contribution is -0.122. The number of rotatable bonds is 7. The smallest absolute Gasteiger partial charge is 0.319 e. The maximum atomic E-state index is 12.2. The van der Waals surface area contributed by atoms with Gasteiger partial charge in [-0.25, -0.2) is 4.79 Å².